The molecule has 0 fully saturated rings. The first-order valence-electron chi connectivity index (χ1n) is 19.5. The molecule has 0 aliphatic rings. The molecule has 0 amide bonds. The van der Waals surface area contributed by atoms with Crippen molar-refractivity contribution in [2.75, 3.05) is 0 Å². The number of aromatic nitrogens is 4. The Labute approximate surface area is 333 Å². The highest BCUT2D eigenvalue weighted by Crippen LogP contribution is 2.42. The predicted molar refractivity (Wildman–Crippen MR) is 238 cm³/mol. The lowest BCUT2D eigenvalue weighted by atomic mass is 9.97. The third kappa shape index (κ3) is 5.14. The number of hydrogen-bond acceptors (Lipinski definition) is 4. The molecule has 3 aromatic heterocycles. The van der Waals surface area contributed by atoms with E-state index in [1.807, 2.05) is 72.8 Å². The Kier molecular flexibility index (Phi) is 7.16. The summed E-state index contributed by atoms with van der Waals surface area (Å²) in [6.45, 7) is 0. The SMILES string of the molecule is c1ccc(-c2nc(-c3ccccc3)nc(-c3ccc(-n4c5cc6ccccc6cc5c5c6ccccc6ccc54)cc3-c3ccc4c(c3)oc3ccccc34)n2)cc1. The molecule has 5 heteroatoms. The van der Waals surface area contributed by atoms with Gasteiger partial charge in [-0.3, -0.25) is 0 Å². The molecule has 0 saturated carbocycles. The van der Waals surface area contributed by atoms with E-state index in [9.17, 15) is 0 Å². The van der Waals surface area contributed by atoms with Crippen molar-refractivity contribution in [2.45, 2.75) is 0 Å². The number of furan rings is 1. The van der Waals surface area contributed by atoms with Crippen LogP contribution in [0.15, 0.2) is 199 Å². The second kappa shape index (κ2) is 12.8. The standard InChI is InChI=1S/C53H32N4O/c1-3-14-34(15-4-1)51-54-52(35-16-5-2-6-17-35)56-53(55-51)43-27-25-39(32-44(43)38-23-26-42-41-21-11-12-22-48(41)58-49(42)31-38)57-46-28-24-33-13-9-10-20-40(33)50(46)45-29-36-18-7-8-19-37(36)30-47(45)57/h1-32H. The van der Waals surface area contributed by atoms with Crippen LogP contribution in [0, 0.1) is 0 Å². The van der Waals surface area contributed by atoms with Gasteiger partial charge in [0.15, 0.2) is 17.5 Å². The lowest BCUT2D eigenvalue weighted by Gasteiger charge is -2.16. The molecule has 0 aliphatic heterocycles. The topological polar surface area (TPSA) is 56.7 Å². The Balaban J connectivity index is 1.16. The van der Waals surface area contributed by atoms with E-state index < -0.39 is 0 Å². The van der Waals surface area contributed by atoms with Crippen molar-refractivity contribution in [2.24, 2.45) is 0 Å². The molecule has 58 heavy (non-hydrogen) atoms. The number of para-hydroxylation sites is 1. The highest BCUT2D eigenvalue weighted by molar-refractivity contribution is 6.23. The minimum Gasteiger partial charge on any atom is -0.456 e. The van der Waals surface area contributed by atoms with Crippen LogP contribution in [0.2, 0.25) is 0 Å². The summed E-state index contributed by atoms with van der Waals surface area (Å²) in [5.41, 5.74) is 9.76. The maximum absolute atomic E-state index is 6.47. The van der Waals surface area contributed by atoms with E-state index in [1.54, 1.807) is 0 Å². The third-order valence-corrected chi connectivity index (χ3v) is 11.4. The van der Waals surface area contributed by atoms with Crippen molar-refractivity contribution in [1.82, 2.24) is 19.5 Å². The molecule has 0 aliphatic carbocycles. The number of rotatable bonds is 5. The molecular formula is C53H32N4O. The number of fused-ring (bicyclic) bond motifs is 9. The van der Waals surface area contributed by atoms with E-state index in [-0.39, 0.29) is 0 Å². The van der Waals surface area contributed by atoms with E-state index >= 15 is 0 Å². The molecule has 0 radical (unpaired) electrons. The molecule has 0 N–H and O–H groups in total. The number of nitrogens with zero attached hydrogens (tertiary/aromatic N) is 4. The Hall–Kier alpha value is -7.89. The fourth-order valence-electron chi connectivity index (χ4n) is 8.68. The normalized spacial score (nSPS) is 11.8. The van der Waals surface area contributed by atoms with Crippen LogP contribution in [-0.2, 0) is 0 Å². The highest BCUT2D eigenvalue weighted by atomic mass is 16.3. The quantitative estimate of drug-likeness (QED) is 0.176. The van der Waals surface area contributed by atoms with Gasteiger partial charge in [-0.1, -0.05) is 140 Å². The molecule has 3 heterocycles. The van der Waals surface area contributed by atoms with E-state index in [4.69, 9.17) is 19.4 Å². The lowest BCUT2D eigenvalue weighted by molar-refractivity contribution is 0.669. The van der Waals surface area contributed by atoms with E-state index in [0.29, 0.717) is 17.5 Å². The molecule has 0 saturated heterocycles. The fourth-order valence-corrected chi connectivity index (χ4v) is 8.68. The van der Waals surface area contributed by atoms with E-state index in [2.05, 4.69) is 126 Å². The van der Waals surface area contributed by atoms with Crippen molar-refractivity contribution < 1.29 is 4.42 Å². The molecule has 0 unspecified atom stereocenters. The number of hydrogen-bond donors (Lipinski definition) is 0. The Morgan fingerprint density at radius 2 is 0.966 bits per heavy atom. The van der Waals surface area contributed by atoms with Gasteiger partial charge in [-0.15, -0.1) is 0 Å². The summed E-state index contributed by atoms with van der Waals surface area (Å²) in [4.78, 5) is 15.4. The summed E-state index contributed by atoms with van der Waals surface area (Å²) in [6.07, 6.45) is 0. The van der Waals surface area contributed by atoms with Crippen molar-refractivity contribution in [3.63, 3.8) is 0 Å². The summed E-state index contributed by atoms with van der Waals surface area (Å²) < 4.78 is 8.88. The molecule has 0 spiro atoms. The molecule has 0 atom stereocenters. The van der Waals surface area contributed by atoms with Gasteiger partial charge in [0.2, 0.25) is 0 Å². The Morgan fingerprint density at radius 1 is 0.345 bits per heavy atom. The second-order valence-corrected chi connectivity index (χ2v) is 14.8. The van der Waals surface area contributed by atoms with Crippen LogP contribution in [-0.4, -0.2) is 19.5 Å². The smallest absolute Gasteiger partial charge is 0.164 e. The molecule has 270 valence electrons. The highest BCUT2D eigenvalue weighted by Gasteiger charge is 2.21. The summed E-state index contributed by atoms with van der Waals surface area (Å²) >= 11 is 0. The van der Waals surface area contributed by atoms with E-state index in [1.165, 1.54) is 32.3 Å². The van der Waals surface area contributed by atoms with Crippen molar-refractivity contribution >= 4 is 65.3 Å². The van der Waals surface area contributed by atoms with Gasteiger partial charge < -0.3 is 8.98 Å². The van der Waals surface area contributed by atoms with Gasteiger partial charge in [-0.05, 0) is 87.3 Å². The van der Waals surface area contributed by atoms with Gasteiger partial charge in [0.05, 0.1) is 11.0 Å². The van der Waals surface area contributed by atoms with Crippen molar-refractivity contribution in [1.29, 1.82) is 0 Å². The molecule has 12 rings (SSSR count). The summed E-state index contributed by atoms with van der Waals surface area (Å²) in [7, 11) is 0. The molecule has 5 nitrogen and oxygen atoms in total. The minimum atomic E-state index is 0.596. The third-order valence-electron chi connectivity index (χ3n) is 11.4. The maximum atomic E-state index is 6.47. The first-order valence-corrected chi connectivity index (χ1v) is 19.5. The van der Waals surface area contributed by atoms with Gasteiger partial charge in [-0.2, -0.15) is 0 Å². The van der Waals surface area contributed by atoms with Crippen LogP contribution in [0.25, 0.3) is 116 Å². The lowest BCUT2D eigenvalue weighted by Crippen LogP contribution is -2.02. The van der Waals surface area contributed by atoms with Gasteiger partial charge in [0, 0.05) is 43.9 Å². The zero-order valence-electron chi connectivity index (χ0n) is 31.2. The van der Waals surface area contributed by atoms with Gasteiger partial charge >= 0.3 is 0 Å². The van der Waals surface area contributed by atoms with Crippen LogP contribution >= 0.6 is 0 Å². The Morgan fingerprint density at radius 3 is 1.72 bits per heavy atom. The van der Waals surface area contributed by atoms with Crippen molar-refractivity contribution in [3.8, 4) is 51.0 Å². The monoisotopic (exact) mass is 740 g/mol. The zero-order chi connectivity index (χ0) is 38.2. The molecule has 12 aromatic rings. The second-order valence-electron chi connectivity index (χ2n) is 14.8. The van der Waals surface area contributed by atoms with E-state index in [0.717, 1.165) is 66.5 Å². The predicted octanol–water partition coefficient (Wildman–Crippen LogP) is 13.8. The number of benzene rings is 9. The average molecular weight is 741 g/mol. The van der Waals surface area contributed by atoms with Crippen LogP contribution in [0.4, 0.5) is 0 Å². The first kappa shape index (κ1) is 32.4. The zero-order valence-corrected chi connectivity index (χ0v) is 31.2. The van der Waals surface area contributed by atoms with Gasteiger partial charge in [0.25, 0.3) is 0 Å². The maximum Gasteiger partial charge on any atom is 0.164 e. The summed E-state index contributed by atoms with van der Waals surface area (Å²) in [6, 6.07) is 68.1. The van der Waals surface area contributed by atoms with Gasteiger partial charge in [0.1, 0.15) is 11.2 Å². The van der Waals surface area contributed by atoms with Crippen LogP contribution in [0.3, 0.4) is 0 Å². The molecular weight excluding hydrogens is 709 g/mol. The van der Waals surface area contributed by atoms with Gasteiger partial charge in [-0.25, -0.2) is 15.0 Å². The Bertz CT molecular complexity index is 3510. The van der Waals surface area contributed by atoms with Crippen LogP contribution in [0.5, 0.6) is 0 Å². The summed E-state index contributed by atoms with van der Waals surface area (Å²) in [5.74, 6) is 1.83. The van der Waals surface area contributed by atoms with Crippen LogP contribution < -0.4 is 0 Å². The average Bonchev–Trinajstić information content (AvgIpc) is 3.83. The molecule has 9 aromatic carbocycles. The summed E-state index contributed by atoms with van der Waals surface area (Å²) in [5, 5.41) is 9.51. The van der Waals surface area contributed by atoms with Crippen LogP contribution in [0.1, 0.15) is 0 Å². The molecule has 0 bridgehead atoms. The first-order chi connectivity index (χ1) is 28.7. The fraction of sp³-hybridized carbons (Fsp3) is 0. The minimum absolute atomic E-state index is 0.596. The largest absolute Gasteiger partial charge is 0.456 e. The van der Waals surface area contributed by atoms with Crippen molar-refractivity contribution in [3.05, 3.63) is 194 Å².